The van der Waals surface area contributed by atoms with E-state index in [1.54, 1.807) is 35.2 Å². The van der Waals surface area contributed by atoms with Gasteiger partial charge in [0.15, 0.2) is 5.76 Å². The minimum atomic E-state index is -0.466. The monoisotopic (exact) mass is 366 g/mol. The molecule has 1 saturated heterocycles. The van der Waals surface area contributed by atoms with Crippen molar-refractivity contribution in [2.75, 3.05) is 13.1 Å². The Bertz CT molecular complexity index is 972. The number of nitro groups is 1. The second kappa shape index (κ2) is 7.06. The van der Waals surface area contributed by atoms with Crippen molar-refractivity contribution in [3.63, 3.8) is 0 Å². The van der Waals surface area contributed by atoms with E-state index in [1.165, 1.54) is 23.1 Å². The van der Waals surface area contributed by atoms with Crippen molar-refractivity contribution in [3.05, 3.63) is 64.5 Å². The van der Waals surface area contributed by atoms with E-state index in [-0.39, 0.29) is 11.6 Å². The molecule has 0 saturated carbocycles. The first-order chi connectivity index (χ1) is 13.1. The molecule has 8 heteroatoms. The first-order valence-corrected chi connectivity index (χ1v) is 8.81. The van der Waals surface area contributed by atoms with Gasteiger partial charge in [0.2, 0.25) is 0 Å². The van der Waals surface area contributed by atoms with Crippen molar-refractivity contribution >= 4 is 11.6 Å². The number of rotatable bonds is 4. The average molecular weight is 366 g/mol. The van der Waals surface area contributed by atoms with Crippen LogP contribution in [0.1, 0.15) is 29.8 Å². The van der Waals surface area contributed by atoms with Gasteiger partial charge in [0, 0.05) is 31.3 Å². The van der Waals surface area contributed by atoms with Crippen LogP contribution in [-0.4, -0.2) is 38.6 Å². The molecule has 27 heavy (non-hydrogen) atoms. The number of benzene rings is 1. The Hall–Kier alpha value is -3.42. The minimum absolute atomic E-state index is 0.0566. The van der Waals surface area contributed by atoms with Gasteiger partial charge < -0.3 is 9.32 Å². The Morgan fingerprint density at radius 1 is 1.11 bits per heavy atom. The maximum Gasteiger partial charge on any atom is 0.272 e. The fourth-order valence-corrected chi connectivity index (χ4v) is 3.27. The van der Waals surface area contributed by atoms with E-state index in [1.807, 2.05) is 0 Å². The van der Waals surface area contributed by atoms with Crippen molar-refractivity contribution in [2.45, 2.75) is 19.3 Å². The molecule has 3 heterocycles. The topological polar surface area (TPSA) is 94.4 Å². The van der Waals surface area contributed by atoms with Crippen LogP contribution in [0.15, 0.2) is 53.1 Å². The molecule has 0 radical (unpaired) electrons. The summed E-state index contributed by atoms with van der Waals surface area (Å²) in [6.45, 7) is 1.41. The molecule has 0 N–H and O–H groups in total. The van der Waals surface area contributed by atoms with Crippen LogP contribution in [0.5, 0.6) is 0 Å². The van der Waals surface area contributed by atoms with Gasteiger partial charge in [0.1, 0.15) is 11.4 Å². The van der Waals surface area contributed by atoms with Gasteiger partial charge in [-0.25, -0.2) is 4.68 Å². The first kappa shape index (κ1) is 17.0. The van der Waals surface area contributed by atoms with Crippen LogP contribution in [0.4, 0.5) is 5.69 Å². The van der Waals surface area contributed by atoms with Crippen LogP contribution in [0, 0.1) is 10.1 Å². The molecule has 1 aliphatic rings. The molecule has 1 aliphatic heterocycles. The molecule has 8 nitrogen and oxygen atoms in total. The summed E-state index contributed by atoms with van der Waals surface area (Å²) in [6, 6.07) is 11.3. The van der Waals surface area contributed by atoms with Crippen molar-refractivity contribution < 1.29 is 14.1 Å². The number of likely N-dealkylation sites (tertiary alicyclic amines) is 1. The summed E-state index contributed by atoms with van der Waals surface area (Å²) < 4.78 is 6.86. The van der Waals surface area contributed by atoms with Crippen molar-refractivity contribution in [2.24, 2.45) is 0 Å². The lowest BCUT2D eigenvalue weighted by molar-refractivity contribution is -0.384. The van der Waals surface area contributed by atoms with E-state index in [0.717, 1.165) is 19.3 Å². The highest BCUT2D eigenvalue weighted by Crippen LogP contribution is 2.25. The fraction of sp³-hybridized carbons (Fsp3) is 0.263. The summed E-state index contributed by atoms with van der Waals surface area (Å²) in [5.41, 5.74) is 1.27. The van der Waals surface area contributed by atoms with Crippen molar-refractivity contribution in [1.29, 1.82) is 0 Å². The fourth-order valence-electron chi connectivity index (χ4n) is 3.27. The van der Waals surface area contributed by atoms with Crippen LogP contribution in [0.2, 0.25) is 0 Å². The minimum Gasteiger partial charge on any atom is -0.463 e. The average Bonchev–Trinajstić information content (AvgIpc) is 3.38. The SMILES string of the molecule is O=C(c1cc(-c2ccco2)nn1-c1cccc([N+](=O)[O-])c1)N1CCCCC1. The van der Waals surface area contributed by atoms with E-state index in [9.17, 15) is 14.9 Å². The lowest BCUT2D eigenvalue weighted by Gasteiger charge is -2.26. The second-order valence-corrected chi connectivity index (χ2v) is 6.43. The number of carbonyl (C=O) groups excluding carboxylic acids is 1. The molecule has 3 aromatic rings. The summed E-state index contributed by atoms with van der Waals surface area (Å²) in [6.07, 6.45) is 4.60. The van der Waals surface area contributed by atoms with E-state index in [0.29, 0.717) is 35.9 Å². The number of nitro benzene ring substituents is 1. The molecule has 138 valence electrons. The number of furan rings is 1. The molecule has 1 amide bonds. The third kappa shape index (κ3) is 3.33. The molecule has 2 aromatic heterocycles. The van der Waals surface area contributed by atoms with Gasteiger partial charge in [0.05, 0.1) is 16.9 Å². The largest absolute Gasteiger partial charge is 0.463 e. The van der Waals surface area contributed by atoms with Crippen LogP contribution in [0.3, 0.4) is 0 Å². The van der Waals surface area contributed by atoms with Crippen molar-refractivity contribution in [1.82, 2.24) is 14.7 Å². The lowest BCUT2D eigenvalue weighted by Crippen LogP contribution is -2.36. The van der Waals surface area contributed by atoms with Crippen LogP contribution in [-0.2, 0) is 0 Å². The van der Waals surface area contributed by atoms with Gasteiger partial charge in [0.25, 0.3) is 11.6 Å². The molecule has 0 atom stereocenters. The maximum atomic E-state index is 13.1. The molecule has 0 aliphatic carbocycles. The number of non-ortho nitro benzene ring substituents is 1. The molecule has 4 rings (SSSR count). The highest BCUT2D eigenvalue weighted by atomic mass is 16.6. The summed E-state index contributed by atoms with van der Waals surface area (Å²) in [5, 5.41) is 15.6. The standard InChI is InChI=1S/C19H18N4O4/c24-19(21-9-2-1-3-10-21)17-13-16(18-8-5-11-27-18)20-22(17)14-6-4-7-15(12-14)23(25)26/h4-8,11-13H,1-3,9-10H2. The van der Waals surface area contributed by atoms with E-state index >= 15 is 0 Å². The predicted octanol–water partition coefficient (Wildman–Crippen LogP) is 3.67. The molecule has 1 fully saturated rings. The third-order valence-corrected chi connectivity index (χ3v) is 4.63. The molecular weight excluding hydrogens is 348 g/mol. The highest BCUT2D eigenvalue weighted by Gasteiger charge is 2.25. The number of aromatic nitrogens is 2. The predicted molar refractivity (Wildman–Crippen MR) is 97.7 cm³/mol. The number of nitrogens with zero attached hydrogens (tertiary/aromatic N) is 4. The Kier molecular flexibility index (Phi) is 4.45. The highest BCUT2D eigenvalue weighted by molar-refractivity contribution is 5.94. The van der Waals surface area contributed by atoms with E-state index < -0.39 is 4.92 Å². The zero-order valence-corrected chi connectivity index (χ0v) is 14.6. The Labute approximate surface area is 155 Å². The van der Waals surface area contributed by atoms with Crippen molar-refractivity contribution in [3.8, 4) is 17.1 Å². The Morgan fingerprint density at radius 2 is 1.93 bits per heavy atom. The van der Waals surface area contributed by atoms with Gasteiger partial charge in [-0.05, 0) is 37.5 Å². The first-order valence-electron chi connectivity index (χ1n) is 8.81. The van der Waals surface area contributed by atoms with E-state index in [4.69, 9.17) is 4.42 Å². The van der Waals surface area contributed by atoms with Gasteiger partial charge in [-0.3, -0.25) is 14.9 Å². The van der Waals surface area contributed by atoms with Gasteiger partial charge in [-0.2, -0.15) is 5.10 Å². The number of hydrogen-bond donors (Lipinski definition) is 0. The second-order valence-electron chi connectivity index (χ2n) is 6.43. The Morgan fingerprint density at radius 3 is 2.63 bits per heavy atom. The molecule has 0 bridgehead atoms. The lowest BCUT2D eigenvalue weighted by atomic mass is 10.1. The molecule has 0 unspecified atom stereocenters. The van der Waals surface area contributed by atoms with Crippen LogP contribution >= 0.6 is 0 Å². The zero-order valence-electron chi connectivity index (χ0n) is 14.6. The van der Waals surface area contributed by atoms with Crippen LogP contribution < -0.4 is 0 Å². The normalized spacial score (nSPS) is 14.3. The number of hydrogen-bond acceptors (Lipinski definition) is 5. The number of amides is 1. The van der Waals surface area contributed by atoms with Gasteiger partial charge >= 0.3 is 0 Å². The summed E-state index contributed by atoms with van der Waals surface area (Å²) in [5.74, 6) is 0.401. The van der Waals surface area contributed by atoms with Gasteiger partial charge in [-0.15, -0.1) is 0 Å². The van der Waals surface area contributed by atoms with Crippen LogP contribution in [0.25, 0.3) is 17.1 Å². The Balaban J connectivity index is 1.80. The zero-order chi connectivity index (χ0) is 18.8. The van der Waals surface area contributed by atoms with E-state index in [2.05, 4.69) is 5.10 Å². The summed E-state index contributed by atoms with van der Waals surface area (Å²) >= 11 is 0. The maximum absolute atomic E-state index is 13.1. The summed E-state index contributed by atoms with van der Waals surface area (Å²) in [4.78, 5) is 25.6. The molecular formula is C19H18N4O4. The molecule has 1 aromatic carbocycles. The smallest absolute Gasteiger partial charge is 0.272 e. The molecule has 0 spiro atoms. The number of carbonyl (C=O) groups is 1. The quantitative estimate of drug-likeness (QED) is 0.519. The third-order valence-electron chi connectivity index (χ3n) is 4.63. The number of piperidine rings is 1. The summed E-state index contributed by atoms with van der Waals surface area (Å²) in [7, 11) is 0. The van der Waals surface area contributed by atoms with Gasteiger partial charge in [-0.1, -0.05) is 6.07 Å².